The summed E-state index contributed by atoms with van der Waals surface area (Å²) >= 11 is 1.92. The minimum atomic E-state index is -0.233. The van der Waals surface area contributed by atoms with Gasteiger partial charge in [0.1, 0.15) is 0 Å². The quantitative estimate of drug-likeness (QED) is 0.581. The molecule has 0 rings (SSSR count). The Labute approximate surface area is 104 Å². The molecule has 1 unspecified atom stereocenters. The molecule has 4 heteroatoms. The molecular weight excluding hydrogens is 220 g/mol. The molecule has 16 heavy (non-hydrogen) atoms. The Balaban J connectivity index is 3.57. The molecule has 0 saturated heterocycles. The van der Waals surface area contributed by atoms with E-state index in [2.05, 4.69) is 12.2 Å². The Kier molecular flexibility index (Phi) is 9.83. The minimum Gasteiger partial charge on any atom is -0.368 e. The summed E-state index contributed by atoms with van der Waals surface area (Å²) in [4.78, 5) is 11.2. The van der Waals surface area contributed by atoms with Gasteiger partial charge in [-0.15, -0.1) is 0 Å². The highest BCUT2D eigenvalue weighted by Gasteiger charge is 2.15. The summed E-state index contributed by atoms with van der Waals surface area (Å²) in [6.45, 7) is 6.27. The Bertz CT molecular complexity index is 186. The summed E-state index contributed by atoms with van der Waals surface area (Å²) in [6.07, 6.45) is 4.68. The van der Waals surface area contributed by atoms with Crippen molar-refractivity contribution in [1.82, 2.24) is 5.32 Å². The van der Waals surface area contributed by atoms with Crippen molar-refractivity contribution in [1.29, 1.82) is 0 Å². The summed E-state index contributed by atoms with van der Waals surface area (Å²) in [5.41, 5.74) is 5.34. The molecule has 0 radical (unpaired) electrons. The fraction of sp³-hybridized carbons (Fsp3) is 0.917. The zero-order chi connectivity index (χ0) is 12.4. The number of carbonyl (C=O) groups excluding carboxylic acids is 1. The summed E-state index contributed by atoms with van der Waals surface area (Å²) in [6, 6.07) is 0.140. The Morgan fingerprint density at radius 2 is 2.00 bits per heavy atom. The maximum atomic E-state index is 11.2. The number of nitrogens with two attached hydrogens (primary N) is 1. The van der Waals surface area contributed by atoms with E-state index in [1.165, 1.54) is 25.0 Å². The van der Waals surface area contributed by atoms with Gasteiger partial charge in [0, 0.05) is 6.04 Å². The second-order valence-corrected chi connectivity index (χ2v) is 5.61. The second kappa shape index (κ2) is 9.97. The van der Waals surface area contributed by atoms with Crippen molar-refractivity contribution in [3.8, 4) is 0 Å². The zero-order valence-corrected chi connectivity index (χ0v) is 11.6. The van der Waals surface area contributed by atoms with E-state index in [4.69, 9.17) is 5.73 Å². The van der Waals surface area contributed by atoms with Gasteiger partial charge in [-0.05, 0) is 24.3 Å². The lowest BCUT2D eigenvalue weighted by Gasteiger charge is -2.17. The number of thioether (sulfide) groups is 1. The number of primary amides is 1. The van der Waals surface area contributed by atoms with Crippen molar-refractivity contribution in [2.45, 2.75) is 58.5 Å². The van der Waals surface area contributed by atoms with Gasteiger partial charge in [0.25, 0.3) is 0 Å². The molecular formula is C12H26N2OS. The van der Waals surface area contributed by atoms with Crippen LogP contribution < -0.4 is 11.1 Å². The monoisotopic (exact) mass is 246 g/mol. The van der Waals surface area contributed by atoms with Crippen molar-refractivity contribution in [3.63, 3.8) is 0 Å². The topological polar surface area (TPSA) is 55.1 Å². The molecule has 0 bridgehead atoms. The largest absolute Gasteiger partial charge is 0.368 e. The van der Waals surface area contributed by atoms with E-state index in [9.17, 15) is 4.79 Å². The lowest BCUT2D eigenvalue weighted by atomic mass is 10.2. The van der Waals surface area contributed by atoms with Crippen molar-refractivity contribution >= 4 is 17.7 Å². The molecule has 0 aromatic rings. The lowest BCUT2D eigenvalue weighted by molar-refractivity contribution is -0.120. The van der Waals surface area contributed by atoms with Crippen molar-refractivity contribution in [3.05, 3.63) is 0 Å². The number of unbranched alkanes of at least 4 members (excludes halogenated alkanes) is 2. The van der Waals surface area contributed by atoms with E-state index in [0.717, 1.165) is 12.2 Å². The SMILES string of the molecule is CCCCCSCCC(NC(C)C)C(N)=O. The van der Waals surface area contributed by atoms with Crippen LogP contribution in [0.5, 0.6) is 0 Å². The second-order valence-electron chi connectivity index (χ2n) is 4.38. The highest BCUT2D eigenvalue weighted by molar-refractivity contribution is 7.99. The first-order valence-electron chi connectivity index (χ1n) is 6.21. The van der Waals surface area contributed by atoms with E-state index in [1.807, 2.05) is 25.6 Å². The van der Waals surface area contributed by atoms with Gasteiger partial charge in [-0.1, -0.05) is 33.6 Å². The molecule has 3 nitrogen and oxygen atoms in total. The van der Waals surface area contributed by atoms with E-state index in [0.29, 0.717) is 6.04 Å². The van der Waals surface area contributed by atoms with Crippen LogP contribution in [0.4, 0.5) is 0 Å². The fourth-order valence-electron chi connectivity index (χ4n) is 1.47. The predicted octanol–water partition coefficient (Wildman–Crippen LogP) is 2.15. The molecule has 1 amide bonds. The van der Waals surface area contributed by atoms with Gasteiger partial charge >= 0.3 is 0 Å². The Morgan fingerprint density at radius 3 is 2.50 bits per heavy atom. The van der Waals surface area contributed by atoms with Gasteiger partial charge in [0.05, 0.1) is 6.04 Å². The molecule has 0 aliphatic heterocycles. The van der Waals surface area contributed by atoms with Gasteiger partial charge in [0.2, 0.25) is 5.91 Å². The number of amides is 1. The fourth-order valence-corrected chi connectivity index (χ4v) is 2.48. The summed E-state index contributed by atoms with van der Waals surface area (Å²) in [5.74, 6) is 1.97. The van der Waals surface area contributed by atoms with Gasteiger partial charge in [-0.25, -0.2) is 0 Å². The smallest absolute Gasteiger partial charge is 0.234 e. The van der Waals surface area contributed by atoms with Crippen molar-refractivity contribution < 1.29 is 4.79 Å². The molecule has 0 spiro atoms. The van der Waals surface area contributed by atoms with Crippen LogP contribution in [0, 0.1) is 0 Å². The molecule has 0 aliphatic rings. The number of hydrogen-bond acceptors (Lipinski definition) is 3. The van der Waals surface area contributed by atoms with Crippen molar-refractivity contribution in [2.24, 2.45) is 5.73 Å². The predicted molar refractivity (Wildman–Crippen MR) is 72.7 cm³/mol. The zero-order valence-electron chi connectivity index (χ0n) is 10.8. The molecule has 0 aromatic carbocycles. The van der Waals surface area contributed by atoms with Crippen LogP contribution in [-0.2, 0) is 4.79 Å². The Hall–Kier alpha value is -0.220. The van der Waals surface area contributed by atoms with Crippen LogP contribution in [0.2, 0.25) is 0 Å². The molecule has 1 atom stereocenters. The molecule has 96 valence electrons. The van der Waals surface area contributed by atoms with Crippen LogP contribution in [0.15, 0.2) is 0 Å². The molecule has 0 saturated carbocycles. The third-order valence-corrected chi connectivity index (χ3v) is 3.42. The third kappa shape index (κ3) is 9.04. The van der Waals surface area contributed by atoms with E-state index in [-0.39, 0.29) is 11.9 Å². The maximum absolute atomic E-state index is 11.2. The van der Waals surface area contributed by atoms with Crippen molar-refractivity contribution in [2.75, 3.05) is 11.5 Å². The van der Waals surface area contributed by atoms with Gasteiger partial charge in [0.15, 0.2) is 0 Å². The summed E-state index contributed by atoms with van der Waals surface area (Å²) in [5, 5.41) is 3.19. The van der Waals surface area contributed by atoms with Crippen LogP contribution >= 0.6 is 11.8 Å². The normalized spacial score (nSPS) is 13.0. The number of rotatable bonds is 10. The van der Waals surface area contributed by atoms with E-state index >= 15 is 0 Å². The number of hydrogen-bond donors (Lipinski definition) is 2. The minimum absolute atomic E-state index is 0.168. The van der Waals surface area contributed by atoms with Crippen LogP contribution in [0.3, 0.4) is 0 Å². The van der Waals surface area contributed by atoms with Crippen LogP contribution in [0.25, 0.3) is 0 Å². The average Bonchev–Trinajstić information content (AvgIpc) is 2.20. The maximum Gasteiger partial charge on any atom is 0.234 e. The molecule has 0 aromatic heterocycles. The van der Waals surface area contributed by atoms with Gasteiger partial charge < -0.3 is 11.1 Å². The third-order valence-electron chi connectivity index (χ3n) is 2.32. The molecule has 0 fully saturated rings. The van der Waals surface area contributed by atoms with E-state index < -0.39 is 0 Å². The van der Waals surface area contributed by atoms with Gasteiger partial charge in [-0.3, -0.25) is 4.79 Å². The number of carbonyl (C=O) groups is 1. The lowest BCUT2D eigenvalue weighted by Crippen LogP contribution is -2.44. The summed E-state index contributed by atoms with van der Waals surface area (Å²) in [7, 11) is 0. The van der Waals surface area contributed by atoms with Gasteiger partial charge in [-0.2, -0.15) is 11.8 Å². The molecule has 0 heterocycles. The Morgan fingerprint density at radius 1 is 1.31 bits per heavy atom. The first kappa shape index (κ1) is 15.8. The van der Waals surface area contributed by atoms with Crippen LogP contribution in [0.1, 0.15) is 46.5 Å². The first-order valence-corrected chi connectivity index (χ1v) is 7.36. The highest BCUT2D eigenvalue weighted by atomic mass is 32.2. The van der Waals surface area contributed by atoms with Crippen LogP contribution in [-0.4, -0.2) is 29.5 Å². The average molecular weight is 246 g/mol. The first-order chi connectivity index (χ1) is 7.57. The molecule has 0 aliphatic carbocycles. The van der Waals surface area contributed by atoms with E-state index in [1.54, 1.807) is 0 Å². The number of nitrogens with one attached hydrogen (secondary N) is 1. The molecule has 3 N–H and O–H groups in total. The highest BCUT2D eigenvalue weighted by Crippen LogP contribution is 2.09. The standard InChI is InChI=1S/C12H26N2OS/c1-4-5-6-8-16-9-7-11(12(13)15)14-10(2)3/h10-11,14H,4-9H2,1-3H3,(H2,13,15). The summed E-state index contributed by atoms with van der Waals surface area (Å²) < 4.78 is 0.